The zero-order valence-electron chi connectivity index (χ0n) is 14.1. The van der Waals surface area contributed by atoms with Crippen molar-refractivity contribution < 1.29 is 14.6 Å². The van der Waals surface area contributed by atoms with Crippen molar-refractivity contribution in [3.63, 3.8) is 0 Å². The molecule has 2 N–H and O–H groups in total. The van der Waals surface area contributed by atoms with E-state index in [2.05, 4.69) is 5.32 Å². The van der Waals surface area contributed by atoms with Crippen molar-refractivity contribution in [2.45, 2.75) is 12.5 Å². The summed E-state index contributed by atoms with van der Waals surface area (Å²) in [7, 11) is 0. The molecule has 3 aromatic carbocycles. The predicted molar refractivity (Wildman–Crippen MR) is 98.5 cm³/mol. The smallest absolute Gasteiger partial charge is 0.258 e. The Morgan fingerprint density at radius 1 is 1.00 bits per heavy atom. The molecule has 0 radical (unpaired) electrons. The van der Waals surface area contributed by atoms with Crippen LogP contribution in [0.1, 0.15) is 12.5 Å². The van der Waals surface area contributed by atoms with Gasteiger partial charge in [0.2, 0.25) is 0 Å². The Morgan fingerprint density at radius 3 is 2.44 bits per heavy atom. The minimum absolute atomic E-state index is 0.0940. The van der Waals surface area contributed by atoms with Crippen LogP contribution in [0.2, 0.25) is 0 Å². The van der Waals surface area contributed by atoms with Gasteiger partial charge < -0.3 is 15.2 Å². The summed E-state index contributed by atoms with van der Waals surface area (Å²) in [5, 5.41) is 15.4. The Labute approximate surface area is 147 Å². The van der Waals surface area contributed by atoms with Crippen molar-refractivity contribution in [2.24, 2.45) is 0 Å². The van der Waals surface area contributed by atoms with Crippen LogP contribution in [0.15, 0.2) is 72.8 Å². The molecule has 3 aromatic rings. The maximum absolute atomic E-state index is 12.0. The molecular weight excluding hydrogens is 314 g/mol. The van der Waals surface area contributed by atoms with E-state index < -0.39 is 5.60 Å². The summed E-state index contributed by atoms with van der Waals surface area (Å²) >= 11 is 0. The van der Waals surface area contributed by atoms with Crippen LogP contribution in [0, 0.1) is 0 Å². The van der Waals surface area contributed by atoms with Crippen LogP contribution in [0.5, 0.6) is 5.75 Å². The van der Waals surface area contributed by atoms with Crippen LogP contribution in [-0.2, 0) is 10.4 Å². The maximum atomic E-state index is 12.0. The second-order valence-electron chi connectivity index (χ2n) is 6.21. The summed E-state index contributed by atoms with van der Waals surface area (Å²) in [4.78, 5) is 12.0. The van der Waals surface area contributed by atoms with E-state index >= 15 is 0 Å². The zero-order valence-corrected chi connectivity index (χ0v) is 14.1. The summed E-state index contributed by atoms with van der Waals surface area (Å²) in [5.41, 5.74) is -0.370. The molecule has 0 aliphatic carbocycles. The summed E-state index contributed by atoms with van der Waals surface area (Å²) in [6.07, 6.45) is 0. The number of carbonyl (C=O) groups excluding carboxylic acids is 1. The molecule has 4 heteroatoms. The number of hydrogen-bond donors (Lipinski definition) is 2. The highest BCUT2D eigenvalue weighted by atomic mass is 16.5. The van der Waals surface area contributed by atoms with Crippen molar-refractivity contribution in [1.29, 1.82) is 0 Å². The predicted octanol–water partition coefficient (Wildman–Crippen LogP) is 3.24. The molecule has 1 amide bonds. The number of nitrogens with one attached hydrogen (secondary N) is 1. The molecule has 0 fully saturated rings. The lowest BCUT2D eigenvalue weighted by Gasteiger charge is -2.24. The molecule has 3 rings (SSSR count). The summed E-state index contributed by atoms with van der Waals surface area (Å²) in [6, 6.07) is 22.9. The van der Waals surface area contributed by atoms with Crippen LogP contribution in [0.3, 0.4) is 0 Å². The van der Waals surface area contributed by atoms with Crippen molar-refractivity contribution in [3.8, 4) is 5.75 Å². The minimum atomic E-state index is -1.13. The Hall–Kier alpha value is -2.85. The van der Waals surface area contributed by atoms with Gasteiger partial charge in [-0.15, -0.1) is 0 Å². The highest BCUT2D eigenvalue weighted by Gasteiger charge is 2.23. The Morgan fingerprint density at radius 2 is 1.68 bits per heavy atom. The molecule has 0 aliphatic rings. The van der Waals surface area contributed by atoms with Crippen molar-refractivity contribution in [2.75, 3.05) is 13.2 Å². The number of ether oxygens (including phenoxy) is 1. The average molecular weight is 335 g/mol. The van der Waals surface area contributed by atoms with E-state index in [1.807, 2.05) is 72.8 Å². The lowest BCUT2D eigenvalue weighted by atomic mass is 9.96. The molecule has 128 valence electrons. The van der Waals surface area contributed by atoms with Crippen LogP contribution in [0.4, 0.5) is 0 Å². The van der Waals surface area contributed by atoms with E-state index in [0.717, 1.165) is 16.3 Å². The fourth-order valence-electron chi connectivity index (χ4n) is 2.63. The average Bonchev–Trinajstić information content (AvgIpc) is 2.65. The third-order valence-electron chi connectivity index (χ3n) is 4.12. The molecule has 0 aliphatic heterocycles. The Kier molecular flexibility index (Phi) is 5.00. The van der Waals surface area contributed by atoms with Crippen molar-refractivity contribution in [3.05, 3.63) is 78.4 Å². The molecule has 25 heavy (non-hydrogen) atoms. The third kappa shape index (κ3) is 4.37. The Balaban J connectivity index is 1.54. The van der Waals surface area contributed by atoms with E-state index in [1.54, 1.807) is 6.92 Å². The number of benzene rings is 3. The van der Waals surface area contributed by atoms with Gasteiger partial charge >= 0.3 is 0 Å². The monoisotopic (exact) mass is 335 g/mol. The SMILES string of the molecule is CC(O)(CNC(=O)COc1ccc2ccccc2c1)c1ccccc1. The van der Waals surface area contributed by atoms with Crippen LogP contribution >= 0.6 is 0 Å². The van der Waals surface area contributed by atoms with Gasteiger partial charge in [-0.25, -0.2) is 0 Å². The largest absolute Gasteiger partial charge is 0.484 e. The molecule has 0 aromatic heterocycles. The fraction of sp³-hybridized carbons (Fsp3) is 0.190. The summed E-state index contributed by atoms with van der Waals surface area (Å²) < 4.78 is 5.55. The van der Waals surface area contributed by atoms with E-state index in [1.165, 1.54) is 0 Å². The van der Waals surface area contributed by atoms with Gasteiger partial charge in [-0.05, 0) is 35.4 Å². The number of hydrogen-bond acceptors (Lipinski definition) is 3. The van der Waals surface area contributed by atoms with Gasteiger partial charge in [0, 0.05) is 0 Å². The number of aliphatic hydroxyl groups is 1. The highest BCUT2D eigenvalue weighted by Crippen LogP contribution is 2.21. The van der Waals surface area contributed by atoms with E-state index in [9.17, 15) is 9.90 Å². The number of amides is 1. The van der Waals surface area contributed by atoms with Gasteiger partial charge in [-0.3, -0.25) is 4.79 Å². The first-order valence-corrected chi connectivity index (χ1v) is 8.21. The van der Waals surface area contributed by atoms with Gasteiger partial charge in [0.05, 0.1) is 6.54 Å². The van der Waals surface area contributed by atoms with Gasteiger partial charge in [0.25, 0.3) is 5.91 Å². The van der Waals surface area contributed by atoms with Gasteiger partial charge in [0.15, 0.2) is 6.61 Å². The number of fused-ring (bicyclic) bond motifs is 1. The lowest BCUT2D eigenvalue weighted by molar-refractivity contribution is -0.124. The highest BCUT2D eigenvalue weighted by molar-refractivity contribution is 5.84. The molecule has 0 heterocycles. The lowest BCUT2D eigenvalue weighted by Crippen LogP contribution is -2.40. The standard InChI is InChI=1S/C21H21NO3/c1-21(24,18-9-3-2-4-10-18)15-22-20(23)14-25-19-12-11-16-7-5-6-8-17(16)13-19/h2-13,24H,14-15H2,1H3,(H,22,23). The first kappa shape index (κ1) is 17.0. The second-order valence-corrected chi connectivity index (χ2v) is 6.21. The zero-order chi connectivity index (χ0) is 17.7. The van der Waals surface area contributed by atoms with E-state index in [0.29, 0.717) is 5.75 Å². The Bertz CT molecular complexity index is 859. The summed E-state index contributed by atoms with van der Waals surface area (Å²) in [6.45, 7) is 1.70. The molecule has 4 nitrogen and oxygen atoms in total. The van der Waals surface area contributed by atoms with Crippen LogP contribution < -0.4 is 10.1 Å². The minimum Gasteiger partial charge on any atom is -0.484 e. The fourth-order valence-corrected chi connectivity index (χ4v) is 2.63. The molecule has 0 saturated carbocycles. The first-order valence-electron chi connectivity index (χ1n) is 8.21. The van der Waals surface area contributed by atoms with Gasteiger partial charge in [0.1, 0.15) is 11.4 Å². The van der Waals surface area contributed by atoms with E-state index in [-0.39, 0.29) is 19.1 Å². The molecule has 1 unspecified atom stereocenters. The third-order valence-corrected chi connectivity index (χ3v) is 4.12. The van der Waals surface area contributed by atoms with Gasteiger partial charge in [-0.1, -0.05) is 60.7 Å². The number of carbonyl (C=O) groups is 1. The molecule has 1 atom stereocenters. The molecule has 0 spiro atoms. The van der Waals surface area contributed by atoms with Crippen molar-refractivity contribution in [1.82, 2.24) is 5.32 Å². The van der Waals surface area contributed by atoms with Crippen LogP contribution in [0.25, 0.3) is 10.8 Å². The van der Waals surface area contributed by atoms with Crippen molar-refractivity contribution >= 4 is 16.7 Å². The first-order chi connectivity index (χ1) is 12.0. The van der Waals surface area contributed by atoms with Crippen LogP contribution in [-0.4, -0.2) is 24.2 Å². The summed E-state index contributed by atoms with van der Waals surface area (Å²) in [5.74, 6) is 0.369. The topological polar surface area (TPSA) is 58.6 Å². The second kappa shape index (κ2) is 7.36. The maximum Gasteiger partial charge on any atom is 0.258 e. The molecular formula is C21H21NO3. The molecule has 0 saturated heterocycles. The van der Waals surface area contributed by atoms with E-state index in [4.69, 9.17) is 4.74 Å². The normalized spacial score (nSPS) is 13.2. The van der Waals surface area contributed by atoms with Gasteiger partial charge in [-0.2, -0.15) is 0 Å². The molecule has 0 bridgehead atoms. The number of rotatable bonds is 6. The quantitative estimate of drug-likeness (QED) is 0.727.